The number of hydrogen-bond acceptors (Lipinski definition) is 4. The van der Waals surface area contributed by atoms with Gasteiger partial charge in [0.15, 0.2) is 11.6 Å². The zero-order valence-corrected chi connectivity index (χ0v) is 24.1. The van der Waals surface area contributed by atoms with Crippen LogP contribution in [0.3, 0.4) is 0 Å². The topological polar surface area (TPSA) is 70.7 Å². The largest absolute Gasteiger partial charge is 0.490 e. The van der Waals surface area contributed by atoms with E-state index in [2.05, 4.69) is 29.7 Å². The Morgan fingerprint density at radius 1 is 1.02 bits per heavy atom. The van der Waals surface area contributed by atoms with Gasteiger partial charge in [-0.15, -0.1) is 0 Å². The summed E-state index contributed by atoms with van der Waals surface area (Å²) in [7, 11) is 0. The molecule has 2 atom stereocenters. The molecule has 0 aliphatic carbocycles. The van der Waals surface area contributed by atoms with E-state index < -0.39 is 11.6 Å². The van der Waals surface area contributed by atoms with Crippen molar-refractivity contribution in [1.82, 2.24) is 15.5 Å². The van der Waals surface area contributed by atoms with Crippen molar-refractivity contribution in [3.8, 4) is 5.75 Å². The van der Waals surface area contributed by atoms with Crippen molar-refractivity contribution in [2.45, 2.75) is 51.6 Å². The van der Waals surface area contributed by atoms with Crippen LogP contribution in [0.2, 0.25) is 0 Å². The first kappa shape index (κ1) is 29.5. The number of amides is 2. The van der Waals surface area contributed by atoms with E-state index in [1.807, 2.05) is 41.3 Å². The van der Waals surface area contributed by atoms with Crippen molar-refractivity contribution in [3.05, 3.63) is 106 Å². The van der Waals surface area contributed by atoms with E-state index in [-0.39, 0.29) is 36.3 Å². The number of nitrogens with one attached hydrogen (secondary N) is 2. The Bertz CT molecular complexity index is 1470. The molecule has 3 aromatic rings. The SMILES string of the molecule is CC(=O)N1CC2CC(c3ccc(CCCOc4cc(F)ccc4F)cc3)=C(C(=O)NCCc3ccccc3C)C(C1)N2. The lowest BCUT2D eigenvalue weighted by Gasteiger charge is -2.44. The minimum Gasteiger partial charge on any atom is -0.490 e. The fourth-order valence-corrected chi connectivity index (χ4v) is 5.86. The van der Waals surface area contributed by atoms with Gasteiger partial charge in [-0.25, -0.2) is 8.78 Å². The molecule has 1 saturated heterocycles. The summed E-state index contributed by atoms with van der Waals surface area (Å²) >= 11 is 0. The number of carbonyl (C=O) groups excluding carboxylic acids is 2. The van der Waals surface area contributed by atoms with Gasteiger partial charge in [0, 0.05) is 44.2 Å². The van der Waals surface area contributed by atoms with Crippen LogP contribution in [-0.4, -0.2) is 55.0 Å². The highest BCUT2D eigenvalue weighted by atomic mass is 19.1. The standard InChI is InChI=1S/C34H37F2N3O3/c1-22-6-3-4-8-25(22)15-16-37-34(41)33-29(19-28-20-39(23(2)40)21-31(33)38-28)26-11-9-24(10-12-26)7-5-17-42-32-18-27(35)13-14-30(32)36/h3-4,6,8-14,18,28,31,38H,5,7,15-17,19-21H2,1-2H3,(H,37,41). The second-order valence-corrected chi connectivity index (χ2v) is 11.1. The van der Waals surface area contributed by atoms with Gasteiger partial charge in [0.25, 0.3) is 0 Å². The normalized spacial score (nSPS) is 18.1. The fraction of sp³-hybridized carbons (Fsp3) is 0.353. The van der Waals surface area contributed by atoms with E-state index in [9.17, 15) is 18.4 Å². The molecule has 220 valence electrons. The average Bonchev–Trinajstić information content (AvgIpc) is 2.97. The number of ether oxygens (including phenoxy) is 1. The molecule has 42 heavy (non-hydrogen) atoms. The van der Waals surface area contributed by atoms with Crippen molar-refractivity contribution in [3.63, 3.8) is 0 Å². The molecular weight excluding hydrogens is 536 g/mol. The van der Waals surface area contributed by atoms with Gasteiger partial charge >= 0.3 is 0 Å². The summed E-state index contributed by atoms with van der Waals surface area (Å²) in [5.74, 6) is -1.29. The Balaban J connectivity index is 1.28. The van der Waals surface area contributed by atoms with E-state index in [0.717, 1.165) is 41.3 Å². The minimum atomic E-state index is -0.581. The van der Waals surface area contributed by atoms with Crippen LogP contribution in [0.5, 0.6) is 5.75 Å². The third kappa shape index (κ3) is 7.05. The van der Waals surface area contributed by atoms with Gasteiger partial charge < -0.3 is 20.3 Å². The predicted molar refractivity (Wildman–Crippen MR) is 159 cm³/mol. The van der Waals surface area contributed by atoms with Gasteiger partial charge in [-0.3, -0.25) is 9.59 Å². The van der Waals surface area contributed by atoms with Crippen molar-refractivity contribution in [2.24, 2.45) is 0 Å². The number of rotatable bonds is 10. The molecule has 1 fully saturated rings. The fourth-order valence-electron chi connectivity index (χ4n) is 5.86. The van der Waals surface area contributed by atoms with E-state index in [4.69, 9.17) is 4.74 Å². The summed E-state index contributed by atoms with van der Waals surface area (Å²) in [6.07, 6.45) is 2.74. The van der Waals surface area contributed by atoms with Gasteiger partial charge in [0.2, 0.25) is 11.8 Å². The van der Waals surface area contributed by atoms with E-state index in [1.54, 1.807) is 6.92 Å². The third-order valence-electron chi connectivity index (χ3n) is 8.10. The van der Waals surface area contributed by atoms with Gasteiger partial charge in [-0.1, -0.05) is 48.5 Å². The number of carbonyl (C=O) groups is 2. The van der Waals surface area contributed by atoms with Gasteiger partial charge in [-0.05, 0) is 72.6 Å². The number of piperazine rings is 1. The average molecular weight is 574 g/mol. The Morgan fingerprint density at radius 3 is 2.57 bits per heavy atom. The summed E-state index contributed by atoms with van der Waals surface area (Å²) in [5.41, 5.74) is 6.19. The summed E-state index contributed by atoms with van der Waals surface area (Å²) in [6, 6.07) is 19.4. The Kier molecular flexibility index (Phi) is 9.32. The number of aryl methyl sites for hydroxylation is 2. The van der Waals surface area contributed by atoms with Gasteiger partial charge in [0.05, 0.1) is 12.6 Å². The van der Waals surface area contributed by atoms with Crippen molar-refractivity contribution in [2.75, 3.05) is 26.2 Å². The van der Waals surface area contributed by atoms with Crippen LogP contribution in [0.15, 0.2) is 72.3 Å². The van der Waals surface area contributed by atoms with Crippen molar-refractivity contribution in [1.29, 1.82) is 0 Å². The molecule has 2 heterocycles. The lowest BCUT2D eigenvalue weighted by atomic mass is 9.83. The molecule has 6 nitrogen and oxygen atoms in total. The van der Waals surface area contributed by atoms with Crippen LogP contribution >= 0.6 is 0 Å². The van der Waals surface area contributed by atoms with Crippen molar-refractivity contribution < 1.29 is 23.1 Å². The number of halogens is 2. The van der Waals surface area contributed by atoms with Crippen LogP contribution in [0, 0.1) is 18.6 Å². The van der Waals surface area contributed by atoms with Crippen LogP contribution in [0.25, 0.3) is 5.57 Å². The summed E-state index contributed by atoms with van der Waals surface area (Å²) < 4.78 is 32.6. The molecule has 0 radical (unpaired) electrons. The number of hydrogen-bond donors (Lipinski definition) is 2. The lowest BCUT2D eigenvalue weighted by Crippen LogP contribution is -2.61. The highest BCUT2D eigenvalue weighted by Gasteiger charge is 2.38. The maximum absolute atomic E-state index is 13.8. The Morgan fingerprint density at radius 2 is 1.81 bits per heavy atom. The molecule has 2 aliphatic rings. The lowest BCUT2D eigenvalue weighted by molar-refractivity contribution is -0.131. The monoisotopic (exact) mass is 573 g/mol. The second kappa shape index (κ2) is 13.3. The maximum atomic E-state index is 13.8. The summed E-state index contributed by atoms with van der Waals surface area (Å²) in [6.45, 7) is 5.50. The van der Waals surface area contributed by atoms with Crippen LogP contribution in [0.1, 0.15) is 42.0 Å². The minimum absolute atomic E-state index is 0.0164. The van der Waals surface area contributed by atoms with Gasteiger partial charge in [-0.2, -0.15) is 0 Å². The zero-order chi connectivity index (χ0) is 29.6. The molecule has 0 saturated carbocycles. The molecular formula is C34H37F2N3O3. The molecule has 0 spiro atoms. The molecule has 3 aromatic carbocycles. The van der Waals surface area contributed by atoms with E-state index in [1.165, 1.54) is 11.1 Å². The number of fused-ring (bicyclic) bond motifs is 2. The second-order valence-electron chi connectivity index (χ2n) is 11.1. The first-order valence-electron chi connectivity index (χ1n) is 14.5. The quantitative estimate of drug-likeness (QED) is 0.336. The maximum Gasteiger partial charge on any atom is 0.249 e. The zero-order valence-electron chi connectivity index (χ0n) is 24.1. The van der Waals surface area contributed by atoms with E-state index in [0.29, 0.717) is 44.5 Å². The van der Waals surface area contributed by atoms with Gasteiger partial charge in [0.1, 0.15) is 5.82 Å². The third-order valence-corrected chi connectivity index (χ3v) is 8.10. The predicted octanol–water partition coefficient (Wildman–Crippen LogP) is 4.99. The van der Waals surface area contributed by atoms with Crippen LogP contribution in [-0.2, 0) is 22.4 Å². The Labute approximate surface area is 245 Å². The summed E-state index contributed by atoms with van der Waals surface area (Å²) in [4.78, 5) is 27.7. The summed E-state index contributed by atoms with van der Waals surface area (Å²) in [5, 5.41) is 6.71. The van der Waals surface area contributed by atoms with Crippen molar-refractivity contribution >= 4 is 17.4 Å². The van der Waals surface area contributed by atoms with Crippen LogP contribution < -0.4 is 15.4 Å². The molecule has 2 N–H and O–H groups in total. The molecule has 8 heteroatoms. The van der Waals surface area contributed by atoms with Crippen LogP contribution in [0.4, 0.5) is 8.78 Å². The molecule has 5 rings (SSSR count). The highest BCUT2D eigenvalue weighted by Crippen LogP contribution is 2.33. The molecule has 2 amide bonds. The highest BCUT2D eigenvalue weighted by molar-refractivity contribution is 6.03. The van der Waals surface area contributed by atoms with E-state index >= 15 is 0 Å². The number of nitrogens with zero attached hydrogens (tertiary/aromatic N) is 1. The Hall–Kier alpha value is -4.04. The molecule has 2 aliphatic heterocycles. The smallest absolute Gasteiger partial charge is 0.249 e. The first-order valence-corrected chi connectivity index (χ1v) is 14.5. The first-order chi connectivity index (χ1) is 20.3. The number of benzene rings is 3. The molecule has 2 unspecified atom stereocenters. The molecule has 0 aromatic heterocycles. The molecule has 2 bridgehead atoms.